The van der Waals surface area contributed by atoms with E-state index in [1.54, 1.807) is 35.5 Å². The van der Waals surface area contributed by atoms with Crippen molar-refractivity contribution in [2.75, 3.05) is 0 Å². The molecule has 0 radical (unpaired) electrons. The van der Waals surface area contributed by atoms with Gasteiger partial charge in [0.15, 0.2) is 5.82 Å². The van der Waals surface area contributed by atoms with Crippen LogP contribution in [0.5, 0.6) is 0 Å². The summed E-state index contributed by atoms with van der Waals surface area (Å²) in [6.45, 7) is 2.02. The Balaban J connectivity index is 2.00. The Morgan fingerprint density at radius 1 is 1.17 bits per heavy atom. The number of pyridine rings is 1. The van der Waals surface area contributed by atoms with E-state index in [-0.39, 0.29) is 5.38 Å². The molecule has 0 aliphatic heterocycles. The first kappa shape index (κ1) is 16.3. The smallest absolute Gasteiger partial charge is 0.162 e. The molecule has 0 aliphatic carbocycles. The number of aromatic nitrogens is 5. The van der Waals surface area contributed by atoms with Gasteiger partial charge in [0, 0.05) is 43.0 Å². The third-order valence-electron chi connectivity index (χ3n) is 3.70. The number of alkyl halides is 1. The number of halogens is 1. The summed E-state index contributed by atoms with van der Waals surface area (Å²) in [7, 11) is 0. The van der Waals surface area contributed by atoms with Gasteiger partial charge in [-0.15, -0.1) is 11.6 Å². The van der Waals surface area contributed by atoms with Crippen molar-refractivity contribution >= 4 is 17.8 Å². The summed E-state index contributed by atoms with van der Waals surface area (Å²) in [6, 6.07) is 5.55. The molecule has 0 aliphatic rings. The van der Waals surface area contributed by atoms with Crippen molar-refractivity contribution in [1.82, 2.24) is 24.7 Å². The molecule has 1 unspecified atom stereocenters. The Morgan fingerprint density at radius 3 is 2.79 bits per heavy atom. The fourth-order valence-electron chi connectivity index (χ4n) is 2.49. The van der Waals surface area contributed by atoms with Gasteiger partial charge in [-0.2, -0.15) is 5.10 Å². The summed E-state index contributed by atoms with van der Waals surface area (Å²) in [4.78, 5) is 13.2. The molecule has 1 N–H and O–H groups in total. The van der Waals surface area contributed by atoms with Gasteiger partial charge in [0.1, 0.15) is 0 Å². The Bertz CT molecular complexity index is 844. The normalized spacial score (nSPS) is 12.1. The van der Waals surface area contributed by atoms with E-state index in [9.17, 15) is 0 Å². The van der Waals surface area contributed by atoms with Gasteiger partial charge in [-0.3, -0.25) is 9.97 Å². The lowest BCUT2D eigenvalue weighted by molar-refractivity contribution is 0.767. The van der Waals surface area contributed by atoms with Gasteiger partial charge in [-0.25, -0.2) is 9.67 Å². The molecule has 1 atom stereocenters. The molecule has 0 aromatic carbocycles. The molecule has 0 saturated heterocycles. The second kappa shape index (κ2) is 7.31. The maximum Gasteiger partial charge on any atom is 0.162 e. The van der Waals surface area contributed by atoms with E-state index >= 15 is 0 Å². The molecule has 3 heterocycles. The highest BCUT2D eigenvalue weighted by molar-refractivity contribution is 6.20. The number of rotatable bonds is 6. The van der Waals surface area contributed by atoms with Crippen LogP contribution in [0, 0.1) is 5.41 Å². The average Bonchev–Trinajstić information content (AvgIpc) is 3.09. The monoisotopic (exact) mass is 340 g/mol. The van der Waals surface area contributed by atoms with E-state index in [1.807, 2.05) is 19.1 Å². The van der Waals surface area contributed by atoms with Crippen molar-refractivity contribution in [3.05, 3.63) is 65.6 Å². The summed E-state index contributed by atoms with van der Waals surface area (Å²) in [5, 5.41) is 11.7. The first-order chi connectivity index (χ1) is 11.7. The lowest BCUT2D eigenvalue weighted by Crippen LogP contribution is -2.10. The van der Waals surface area contributed by atoms with Crippen LogP contribution in [0.25, 0.3) is 5.82 Å². The third-order valence-corrected chi connectivity index (χ3v) is 4.22. The van der Waals surface area contributed by atoms with E-state index in [1.165, 1.54) is 6.21 Å². The number of hydrogen-bond donors (Lipinski definition) is 1. The van der Waals surface area contributed by atoms with Crippen molar-refractivity contribution in [2.24, 2.45) is 0 Å². The SMILES string of the molecule is CCC(Cl)c1nccnc1Cc1ccnn1-c1ncccc1C=N. The van der Waals surface area contributed by atoms with Gasteiger partial charge in [0.25, 0.3) is 0 Å². The van der Waals surface area contributed by atoms with Gasteiger partial charge < -0.3 is 5.41 Å². The minimum absolute atomic E-state index is 0.169. The molecule has 0 amide bonds. The maximum atomic E-state index is 7.55. The zero-order chi connectivity index (χ0) is 16.9. The molecule has 6 nitrogen and oxygen atoms in total. The van der Waals surface area contributed by atoms with Crippen molar-refractivity contribution in [1.29, 1.82) is 5.41 Å². The summed E-state index contributed by atoms with van der Waals surface area (Å²) >= 11 is 6.37. The molecular formula is C17H17ClN6. The minimum Gasteiger partial charge on any atom is -0.308 e. The fourth-order valence-corrected chi connectivity index (χ4v) is 2.68. The zero-order valence-corrected chi connectivity index (χ0v) is 14.0. The van der Waals surface area contributed by atoms with Crippen molar-refractivity contribution in [2.45, 2.75) is 25.1 Å². The Morgan fingerprint density at radius 2 is 2.00 bits per heavy atom. The molecule has 0 bridgehead atoms. The lowest BCUT2D eigenvalue weighted by atomic mass is 10.1. The van der Waals surface area contributed by atoms with Crippen LogP contribution in [0.15, 0.2) is 43.0 Å². The topological polar surface area (TPSA) is 80.3 Å². The van der Waals surface area contributed by atoms with E-state index in [0.29, 0.717) is 17.8 Å². The number of nitrogens with one attached hydrogen (secondary N) is 1. The average molecular weight is 341 g/mol. The molecule has 24 heavy (non-hydrogen) atoms. The van der Waals surface area contributed by atoms with Crippen molar-refractivity contribution in [3.63, 3.8) is 0 Å². The molecule has 0 spiro atoms. The van der Waals surface area contributed by atoms with Crippen LogP contribution in [-0.2, 0) is 6.42 Å². The summed E-state index contributed by atoms with van der Waals surface area (Å²) in [5.74, 6) is 0.621. The molecule has 3 aromatic rings. The maximum absolute atomic E-state index is 7.55. The first-order valence-electron chi connectivity index (χ1n) is 7.67. The van der Waals surface area contributed by atoms with E-state index in [2.05, 4.69) is 20.1 Å². The van der Waals surface area contributed by atoms with Crippen LogP contribution in [0.3, 0.4) is 0 Å². The van der Waals surface area contributed by atoms with E-state index < -0.39 is 0 Å². The van der Waals surface area contributed by atoms with Crippen LogP contribution >= 0.6 is 11.6 Å². The van der Waals surface area contributed by atoms with E-state index in [0.717, 1.165) is 23.5 Å². The summed E-state index contributed by atoms with van der Waals surface area (Å²) < 4.78 is 1.73. The first-order valence-corrected chi connectivity index (χ1v) is 8.10. The molecule has 3 rings (SSSR count). The van der Waals surface area contributed by atoms with Crippen LogP contribution < -0.4 is 0 Å². The standard InChI is InChI=1S/C17H17ClN6/c1-2-14(18)16-15(20-8-9-21-16)10-13-5-7-23-24(13)17-12(11-19)4-3-6-22-17/h3-9,11,14,19H,2,10H2,1H3. The second-order valence-electron chi connectivity index (χ2n) is 5.24. The number of hydrogen-bond acceptors (Lipinski definition) is 5. The zero-order valence-electron chi connectivity index (χ0n) is 13.2. The predicted octanol–water partition coefficient (Wildman–Crippen LogP) is 3.34. The second-order valence-corrected chi connectivity index (χ2v) is 5.76. The van der Waals surface area contributed by atoms with Crippen molar-refractivity contribution < 1.29 is 0 Å². The van der Waals surface area contributed by atoms with Gasteiger partial charge in [-0.1, -0.05) is 6.92 Å². The largest absolute Gasteiger partial charge is 0.308 e. The Kier molecular flexibility index (Phi) is 4.96. The van der Waals surface area contributed by atoms with Gasteiger partial charge in [0.2, 0.25) is 0 Å². The lowest BCUT2D eigenvalue weighted by Gasteiger charge is -2.12. The van der Waals surface area contributed by atoms with Gasteiger partial charge >= 0.3 is 0 Å². The summed E-state index contributed by atoms with van der Waals surface area (Å²) in [6.07, 6.45) is 9.33. The van der Waals surface area contributed by atoms with Crippen LogP contribution in [0.4, 0.5) is 0 Å². The molecular weight excluding hydrogens is 324 g/mol. The quantitative estimate of drug-likeness (QED) is 0.551. The molecule has 0 fully saturated rings. The predicted molar refractivity (Wildman–Crippen MR) is 93.0 cm³/mol. The molecule has 3 aromatic heterocycles. The van der Waals surface area contributed by atoms with Crippen molar-refractivity contribution in [3.8, 4) is 5.82 Å². The molecule has 0 saturated carbocycles. The van der Waals surface area contributed by atoms with Gasteiger partial charge in [-0.05, 0) is 24.6 Å². The van der Waals surface area contributed by atoms with Gasteiger partial charge in [0.05, 0.1) is 22.5 Å². The van der Waals surface area contributed by atoms with Crippen LogP contribution in [0.1, 0.15) is 41.4 Å². The van der Waals surface area contributed by atoms with Crippen LogP contribution in [-0.4, -0.2) is 30.9 Å². The van der Waals surface area contributed by atoms with E-state index in [4.69, 9.17) is 17.0 Å². The third kappa shape index (κ3) is 3.19. The summed E-state index contributed by atoms with van der Waals surface area (Å²) in [5.41, 5.74) is 3.24. The Hall–Kier alpha value is -2.60. The Labute approximate surface area is 145 Å². The van der Waals surface area contributed by atoms with Crippen LogP contribution in [0.2, 0.25) is 0 Å². The number of nitrogens with zero attached hydrogens (tertiary/aromatic N) is 5. The molecule has 7 heteroatoms. The minimum atomic E-state index is -0.169. The highest BCUT2D eigenvalue weighted by Gasteiger charge is 2.17. The fraction of sp³-hybridized carbons (Fsp3) is 0.235. The highest BCUT2D eigenvalue weighted by atomic mass is 35.5. The molecule has 122 valence electrons. The highest BCUT2D eigenvalue weighted by Crippen LogP contribution is 2.25.